The van der Waals surface area contributed by atoms with Crippen molar-refractivity contribution in [2.45, 2.75) is 6.92 Å². The molecule has 2 aromatic carbocycles. The van der Waals surface area contributed by atoms with Crippen LogP contribution in [-0.2, 0) is 14.4 Å². The Hall–Kier alpha value is -3.21. The van der Waals surface area contributed by atoms with Crippen LogP contribution in [0.25, 0.3) is 5.76 Å². The Morgan fingerprint density at radius 1 is 0.870 bits per heavy atom. The van der Waals surface area contributed by atoms with E-state index in [1.54, 1.807) is 54.6 Å². The standard InChI is InChI=1S/C18H13NO4/c1-11-7-9-13(10-8-11)19-17(22)14(16(21)18(19)23)15(20)12-5-3-2-4-6-12/h2-10,20H,1H3/b15-14-. The van der Waals surface area contributed by atoms with Crippen LogP contribution in [0.4, 0.5) is 5.69 Å². The fraction of sp³-hybridized carbons (Fsp3) is 0.0556. The van der Waals surface area contributed by atoms with Crippen molar-refractivity contribution in [3.8, 4) is 0 Å². The SMILES string of the molecule is Cc1ccc(N2C(=O)C(=O)/C(=C(/O)c3ccccc3)C2=O)cc1. The molecule has 1 aliphatic heterocycles. The van der Waals surface area contributed by atoms with E-state index in [0.717, 1.165) is 10.5 Å². The van der Waals surface area contributed by atoms with Gasteiger partial charge in [0.05, 0.1) is 5.69 Å². The molecular formula is C18H13NO4. The van der Waals surface area contributed by atoms with Gasteiger partial charge in [-0.3, -0.25) is 14.4 Å². The number of amides is 2. The number of anilines is 1. The lowest BCUT2D eigenvalue weighted by molar-refractivity contribution is -0.132. The predicted octanol–water partition coefficient (Wildman–Crippen LogP) is 2.41. The van der Waals surface area contributed by atoms with E-state index in [4.69, 9.17) is 0 Å². The van der Waals surface area contributed by atoms with Crippen molar-refractivity contribution < 1.29 is 19.5 Å². The number of aryl methyl sites for hydroxylation is 1. The van der Waals surface area contributed by atoms with Crippen LogP contribution < -0.4 is 4.90 Å². The van der Waals surface area contributed by atoms with Gasteiger partial charge in [-0.1, -0.05) is 48.0 Å². The number of aliphatic hydroxyl groups excluding tert-OH is 1. The first kappa shape index (κ1) is 14.7. The molecule has 114 valence electrons. The highest BCUT2D eigenvalue weighted by Gasteiger charge is 2.45. The first-order valence-electron chi connectivity index (χ1n) is 6.99. The summed E-state index contributed by atoms with van der Waals surface area (Å²) in [5.41, 5.74) is 1.07. The van der Waals surface area contributed by atoms with Crippen molar-refractivity contribution in [3.63, 3.8) is 0 Å². The van der Waals surface area contributed by atoms with Gasteiger partial charge in [0, 0.05) is 5.56 Å². The van der Waals surface area contributed by atoms with E-state index >= 15 is 0 Å². The Morgan fingerprint density at radius 3 is 2.09 bits per heavy atom. The number of rotatable bonds is 2. The lowest BCUT2D eigenvalue weighted by Crippen LogP contribution is -2.30. The molecule has 0 spiro atoms. The molecule has 2 amide bonds. The van der Waals surface area contributed by atoms with E-state index in [9.17, 15) is 19.5 Å². The number of carbonyl (C=O) groups is 3. The highest BCUT2D eigenvalue weighted by Crippen LogP contribution is 2.28. The number of Topliss-reactive ketones (excluding diaryl/α,β-unsaturated/α-hetero) is 1. The lowest BCUT2D eigenvalue weighted by atomic mass is 10.1. The third kappa shape index (κ3) is 2.42. The first-order valence-corrected chi connectivity index (χ1v) is 6.99. The molecule has 5 heteroatoms. The number of nitrogens with zero attached hydrogens (tertiary/aromatic N) is 1. The Labute approximate surface area is 132 Å². The van der Waals surface area contributed by atoms with Crippen LogP contribution in [0, 0.1) is 6.92 Å². The fourth-order valence-electron chi connectivity index (χ4n) is 2.39. The van der Waals surface area contributed by atoms with Crippen molar-refractivity contribution in [1.29, 1.82) is 0 Å². The zero-order valence-corrected chi connectivity index (χ0v) is 12.3. The van der Waals surface area contributed by atoms with Gasteiger partial charge < -0.3 is 5.11 Å². The van der Waals surface area contributed by atoms with E-state index in [1.165, 1.54) is 0 Å². The summed E-state index contributed by atoms with van der Waals surface area (Å²) in [6, 6.07) is 14.8. The molecular weight excluding hydrogens is 294 g/mol. The number of aliphatic hydroxyl groups is 1. The Bertz CT molecular complexity index is 835. The van der Waals surface area contributed by atoms with Crippen LogP contribution in [0.3, 0.4) is 0 Å². The van der Waals surface area contributed by atoms with Crippen LogP contribution in [0.2, 0.25) is 0 Å². The molecule has 0 radical (unpaired) electrons. The van der Waals surface area contributed by atoms with Gasteiger partial charge in [-0.05, 0) is 19.1 Å². The van der Waals surface area contributed by atoms with E-state index in [-0.39, 0.29) is 0 Å². The molecule has 1 N–H and O–H groups in total. The quantitative estimate of drug-likeness (QED) is 0.304. The summed E-state index contributed by atoms with van der Waals surface area (Å²) >= 11 is 0. The lowest BCUT2D eigenvalue weighted by Gasteiger charge is -2.12. The molecule has 0 saturated carbocycles. The smallest absolute Gasteiger partial charge is 0.306 e. The Kier molecular flexibility index (Phi) is 3.54. The Balaban J connectivity index is 2.09. The molecule has 5 nitrogen and oxygen atoms in total. The van der Waals surface area contributed by atoms with Gasteiger partial charge in [-0.2, -0.15) is 0 Å². The maximum Gasteiger partial charge on any atom is 0.306 e. The molecule has 23 heavy (non-hydrogen) atoms. The minimum absolute atomic E-state index is 0.301. The van der Waals surface area contributed by atoms with Gasteiger partial charge in [0.1, 0.15) is 11.3 Å². The highest BCUT2D eigenvalue weighted by atomic mass is 16.3. The summed E-state index contributed by atoms with van der Waals surface area (Å²) in [5, 5.41) is 10.2. The summed E-state index contributed by atoms with van der Waals surface area (Å²) in [4.78, 5) is 37.6. The van der Waals surface area contributed by atoms with E-state index in [1.807, 2.05) is 6.92 Å². The second-order valence-electron chi connectivity index (χ2n) is 5.20. The van der Waals surface area contributed by atoms with Crippen molar-refractivity contribution in [2.75, 3.05) is 4.90 Å². The van der Waals surface area contributed by atoms with Gasteiger partial charge in [-0.25, -0.2) is 4.90 Å². The van der Waals surface area contributed by atoms with Gasteiger partial charge >= 0.3 is 5.91 Å². The second-order valence-corrected chi connectivity index (χ2v) is 5.20. The summed E-state index contributed by atoms with van der Waals surface area (Å²) in [7, 11) is 0. The summed E-state index contributed by atoms with van der Waals surface area (Å²) in [6.45, 7) is 1.87. The molecule has 2 aromatic rings. The average Bonchev–Trinajstić information content (AvgIpc) is 2.78. The third-order valence-corrected chi connectivity index (χ3v) is 3.62. The molecule has 1 heterocycles. The second kappa shape index (κ2) is 5.53. The highest BCUT2D eigenvalue weighted by molar-refractivity contribution is 6.64. The zero-order chi connectivity index (χ0) is 16.6. The van der Waals surface area contributed by atoms with Crippen molar-refractivity contribution in [2.24, 2.45) is 0 Å². The monoisotopic (exact) mass is 307 g/mol. The van der Waals surface area contributed by atoms with Gasteiger partial charge in [0.2, 0.25) is 0 Å². The molecule has 0 atom stereocenters. The minimum Gasteiger partial charge on any atom is -0.506 e. The molecule has 1 aliphatic rings. The van der Waals surface area contributed by atoms with Crippen LogP contribution >= 0.6 is 0 Å². The van der Waals surface area contributed by atoms with Gasteiger partial charge in [0.15, 0.2) is 0 Å². The van der Waals surface area contributed by atoms with Crippen LogP contribution in [0.5, 0.6) is 0 Å². The van der Waals surface area contributed by atoms with E-state index in [0.29, 0.717) is 11.3 Å². The number of imide groups is 1. The van der Waals surface area contributed by atoms with Crippen molar-refractivity contribution >= 4 is 29.0 Å². The van der Waals surface area contributed by atoms with Crippen LogP contribution in [0.1, 0.15) is 11.1 Å². The van der Waals surface area contributed by atoms with Crippen LogP contribution in [0.15, 0.2) is 60.2 Å². The molecule has 1 saturated heterocycles. The van der Waals surface area contributed by atoms with Gasteiger partial charge in [-0.15, -0.1) is 0 Å². The summed E-state index contributed by atoms with van der Waals surface area (Å²) in [5.74, 6) is -3.26. The number of ketones is 1. The van der Waals surface area contributed by atoms with Crippen molar-refractivity contribution in [3.05, 3.63) is 71.3 Å². The topological polar surface area (TPSA) is 74.7 Å². The fourth-order valence-corrected chi connectivity index (χ4v) is 2.39. The number of hydrogen-bond donors (Lipinski definition) is 1. The Morgan fingerprint density at radius 2 is 1.48 bits per heavy atom. The first-order chi connectivity index (χ1) is 11.0. The third-order valence-electron chi connectivity index (χ3n) is 3.62. The van der Waals surface area contributed by atoms with E-state index in [2.05, 4.69) is 0 Å². The summed E-state index contributed by atoms with van der Waals surface area (Å²) in [6.07, 6.45) is 0. The molecule has 0 aromatic heterocycles. The summed E-state index contributed by atoms with van der Waals surface area (Å²) < 4.78 is 0. The molecule has 1 fully saturated rings. The normalized spacial score (nSPS) is 16.9. The molecule has 0 unspecified atom stereocenters. The average molecular weight is 307 g/mol. The minimum atomic E-state index is -1.00. The van der Waals surface area contributed by atoms with E-state index < -0.39 is 28.9 Å². The molecule has 0 bridgehead atoms. The molecule has 0 aliphatic carbocycles. The number of carbonyl (C=O) groups excluding carboxylic acids is 3. The predicted molar refractivity (Wildman–Crippen MR) is 84.7 cm³/mol. The maximum absolute atomic E-state index is 12.5. The largest absolute Gasteiger partial charge is 0.506 e. The maximum atomic E-state index is 12.5. The zero-order valence-electron chi connectivity index (χ0n) is 12.3. The van der Waals surface area contributed by atoms with Crippen LogP contribution in [-0.4, -0.2) is 22.7 Å². The van der Waals surface area contributed by atoms with Crippen molar-refractivity contribution in [1.82, 2.24) is 0 Å². The number of benzene rings is 2. The number of hydrogen-bond acceptors (Lipinski definition) is 4. The molecule has 3 rings (SSSR count). The van der Waals surface area contributed by atoms with Gasteiger partial charge in [0.25, 0.3) is 11.7 Å².